The van der Waals surface area contributed by atoms with Crippen LogP contribution in [0.25, 0.3) is 0 Å². The van der Waals surface area contributed by atoms with Crippen molar-refractivity contribution >= 4 is 17.4 Å². The number of carbonyl (C=O) groups excluding carboxylic acids is 1. The van der Waals surface area contributed by atoms with E-state index in [-0.39, 0.29) is 5.78 Å². The molecule has 2 aromatic rings. The predicted molar refractivity (Wildman–Crippen MR) is 71.7 cm³/mol. The second-order valence-electron chi connectivity index (χ2n) is 4.11. The van der Waals surface area contributed by atoms with Crippen molar-refractivity contribution < 1.29 is 9.53 Å². The first-order valence-electron chi connectivity index (χ1n) is 5.87. The van der Waals surface area contributed by atoms with Crippen LogP contribution in [-0.4, -0.2) is 27.4 Å². The van der Waals surface area contributed by atoms with Gasteiger partial charge < -0.3 is 4.74 Å². The van der Waals surface area contributed by atoms with E-state index < -0.39 is 0 Å². The van der Waals surface area contributed by atoms with Gasteiger partial charge in [0.05, 0.1) is 12.2 Å². The summed E-state index contributed by atoms with van der Waals surface area (Å²) in [7, 11) is 0. The van der Waals surface area contributed by atoms with E-state index in [0.29, 0.717) is 23.9 Å². The van der Waals surface area contributed by atoms with Gasteiger partial charge in [-0.3, -0.25) is 4.79 Å². The molecule has 0 saturated heterocycles. The van der Waals surface area contributed by atoms with Crippen molar-refractivity contribution in [3.63, 3.8) is 0 Å². The van der Waals surface area contributed by atoms with Gasteiger partial charge in [-0.1, -0.05) is 16.8 Å². The summed E-state index contributed by atoms with van der Waals surface area (Å²) in [5.41, 5.74) is 1.17. The average Bonchev–Trinajstić information content (AvgIpc) is 2.74. The molecule has 0 spiro atoms. The van der Waals surface area contributed by atoms with E-state index in [2.05, 4.69) is 10.3 Å². The zero-order valence-electron chi connectivity index (χ0n) is 10.8. The Morgan fingerprint density at radius 3 is 2.63 bits per heavy atom. The van der Waals surface area contributed by atoms with Crippen LogP contribution >= 0.6 is 11.6 Å². The van der Waals surface area contributed by atoms with Crippen LogP contribution in [0.4, 0.5) is 0 Å². The fraction of sp³-hybridized carbons (Fsp3) is 0.308. The van der Waals surface area contributed by atoms with E-state index in [4.69, 9.17) is 16.3 Å². The molecule has 0 saturated carbocycles. The molecule has 1 heterocycles. The highest BCUT2D eigenvalue weighted by molar-refractivity contribution is 6.30. The number of nitrogens with zero attached hydrogens (tertiary/aromatic N) is 3. The first-order valence-corrected chi connectivity index (χ1v) is 6.25. The molecule has 0 atom stereocenters. The number of ketones is 1. The van der Waals surface area contributed by atoms with Gasteiger partial charge in [-0.15, -0.1) is 5.10 Å². The summed E-state index contributed by atoms with van der Waals surface area (Å²) in [6.07, 6.45) is 0. The Hall–Kier alpha value is -1.88. The van der Waals surface area contributed by atoms with Crippen LogP contribution in [0.2, 0.25) is 5.02 Å². The van der Waals surface area contributed by atoms with Crippen molar-refractivity contribution in [1.82, 2.24) is 15.0 Å². The van der Waals surface area contributed by atoms with Crippen molar-refractivity contribution in [3.8, 4) is 5.75 Å². The molecule has 0 aliphatic carbocycles. The molecule has 0 bridgehead atoms. The van der Waals surface area contributed by atoms with Crippen LogP contribution < -0.4 is 4.74 Å². The van der Waals surface area contributed by atoms with Gasteiger partial charge in [-0.2, -0.15) is 0 Å². The third-order valence-electron chi connectivity index (χ3n) is 2.70. The third-order valence-corrected chi connectivity index (χ3v) is 2.95. The molecule has 0 radical (unpaired) electrons. The van der Waals surface area contributed by atoms with E-state index in [1.54, 1.807) is 28.9 Å². The lowest BCUT2D eigenvalue weighted by molar-refractivity contribution is 0.101. The minimum Gasteiger partial charge on any atom is -0.492 e. The number of ether oxygens (including phenoxy) is 1. The van der Waals surface area contributed by atoms with Crippen molar-refractivity contribution in [2.24, 2.45) is 0 Å². The molecular weight excluding hydrogens is 266 g/mol. The molecule has 19 heavy (non-hydrogen) atoms. The van der Waals surface area contributed by atoms with Gasteiger partial charge in [-0.05, 0) is 31.2 Å². The highest BCUT2D eigenvalue weighted by Crippen LogP contribution is 2.15. The normalized spacial score (nSPS) is 10.5. The lowest BCUT2D eigenvalue weighted by atomic mass is 10.2. The number of rotatable bonds is 5. The fourth-order valence-electron chi connectivity index (χ4n) is 1.68. The van der Waals surface area contributed by atoms with E-state index >= 15 is 0 Å². The lowest BCUT2D eigenvalue weighted by Gasteiger charge is -2.07. The van der Waals surface area contributed by atoms with Gasteiger partial charge in [0.25, 0.3) is 0 Å². The van der Waals surface area contributed by atoms with Crippen LogP contribution in [0.1, 0.15) is 23.1 Å². The summed E-state index contributed by atoms with van der Waals surface area (Å²) in [4.78, 5) is 11.2. The number of benzene rings is 1. The first kappa shape index (κ1) is 13.5. The Bertz CT molecular complexity index is 578. The van der Waals surface area contributed by atoms with Gasteiger partial charge in [0.1, 0.15) is 12.4 Å². The van der Waals surface area contributed by atoms with Gasteiger partial charge in [0, 0.05) is 11.9 Å². The number of hydrogen-bond acceptors (Lipinski definition) is 4. The van der Waals surface area contributed by atoms with E-state index in [0.717, 1.165) is 11.4 Å². The maximum Gasteiger partial charge on any atom is 0.181 e. The van der Waals surface area contributed by atoms with Crippen molar-refractivity contribution in [2.75, 3.05) is 6.61 Å². The zero-order valence-corrected chi connectivity index (χ0v) is 11.5. The summed E-state index contributed by atoms with van der Waals surface area (Å²) < 4.78 is 7.22. The number of Topliss-reactive ketones (excluding diaryl/α,β-unsaturated/α-hetero) is 1. The molecule has 1 aromatic carbocycles. The van der Waals surface area contributed by atoms with E-state index in [1.807, 2.05) is 6.92 Å². The van der Waals surface area contributed by atoms with Crippen LogP contribution in [-0.2, 0) is 6.54 Å². The predicted octanol–water partition coefficient (Wildman–Crippen LogP) is 2.52. The fourth-order valence-corrected chi connectivity index (χ4v) is 1.80. The lowest BCUT2D eigenvalue weighted by Crippen LogP contribution is -2.11. The minimum absolute atomic E-state index is 0.0811. The summed E-state index contributed by atoms with van der Waals surface area (Å²) >= 11 is 5.78. The minimum atomic E-state index is -0.0811. The van der Waals surface area contributed by atoms with Gasteiger partial charge in [0.15, 0.2) is 11.5 Å². The second kappa shape index (κ2) is 5.84. The Kier molecular flexibility index (Phi) is 4.16. The summed E-state index contributed by atoms with van der Waals surface area (Å²) in [5, 5.41) is 8.44. The number of aromatic nitrogens is 3. The highest BCUT2D eigenvalue weighted by Gasteiger charge is 2.11. The summed E-state index contributed by atoms with van der Waals surface area (Å²) in [6.45, 7) is 4.28. The molecule has 0 unspecified atom stereocenters. The van der Waals surface area contributed by atoms with Crippen molar-refractivity contribution in [1.29, 1.82) is 0 Å². The van der Waals surface area contributed by atoms with Crippen LogP contribution in [0.5, 0.6) is 5.75 Å². The molecule has 1 aromatic heterocycles. The molecule has 0 fully saturated rings. The Morgan fingerprint density at radius 2 is 2.05 bits per heavy atom. The molecule has 2 rings (SSSR count). The standard InChI is InChI=1S/C13H14ClN3O2/c1-9-13(10(2)18)15-16-17(9)7-8-19-12-5-3-11(14)4-6-12/h3-6H,7-8H2,1-2H3. The van der Waals surface area contributed by atoms with Crippen molar-refractivity contribution in [2.45, 2.75) is 20.4 Å². The zero-order chi connectivity index (χ0) is 13.8. The average molecular weight is 280 g/mol. The second-order valence-corrected chi connectivity index (χ2v) is 4.54. The molecule has 100 valence electrons. The maximum atomic E-state index is 11.2. The van der Waals surface area contributed by atoms with Gasteiger partial charge in [-0.25, -0.2) is 4.68 Å². The molecular formula is C13H14ClN3O2. The molecule has 0 amide bonds. The summed E-state index contributed by atoms with van der Waals surface area (Å²) in [5.74, 6) is 0.663. The molecule has 0 aliphatic rings. The third kappa shape index (κ3) is 3.32. The van der Waals surface area contributed by atoms with Crippen LogP contribution in [0, 0.1) is 6.92 Å². The first-order chi connectivity index (χ1) is 9.08. The molecule has 5 nitrogen and oxygen atoms in total. The molecule has 0 aliphatic heterocycles. The van der Waals surface area contributed by atoms with Gasteiger partial charge >= 0.3 is 0 Å². The Morgan fingerprint density at radius 1 is 1.37 bits per heavy atom. The molecule has 6 heteroatoms. The smallest absolute Gasteiger partial charge is 0.181 e. The summed E-state index contributed by atoms with van der Waals surface area (Å²) in [6, 6.07) is 7.14. The quantitative estimate of drug-likeness (QED) is 0.789. The van der Waals surface area contributed by atoms with Crippen LogP contribution in [0.15, 0.2) is 24.3 Å². The highest BCUT2D eigenvalue weighted by atomic mass is 35.5. The van der Waals surface area contributed by atoms with Crippen molar-refractivity contribution in [3.05, 3.63) is 40.7 Å². The van der Waals surface area contributed by atoms with Crippen LogP contribution in [0.3, 0.4) is 0 Å². The Labute approximate surface area is 116 Å². The largest absolute Gasteiger partial charge is 0.492 e. The number of carbonyl (C=O) groups is 1. The number of halogens is 1. The molecule has 0 N–H and O–H groups in total. The van der Waals surface area contributed by atoms with E-state index in [1.165, 1.54) is 6.92 Å². The maximum absolute atomic E-state index is 11.2. The number of hydrogen-bond donors (Lipinski definition) is 0. The van der Waals surface area contributed by atoms with E-state index in [9.17, 15) is 4.79 Å². The van der Waals surface area contributed by atoms with Gasteiger partial charge in [0.2, 0.25) is 0 Å². The Balaban J connectivity index is 1.92. The monoisotopic (exact) mass is 279 g/mol. The topological polar surface area (TPSA) is 57.0 Å². The SMILES string of the molecule is CC(=O)c1nnn(CCOc2ccc(Cl)cc2)c1C.